The van der Waals surface area contributed by atoms with E-state index in [1.54, 1.807) is 6.20 Å². The minimum atomic E-state index is -0.0930. The summed E-state index contributed by atoms with van der Waals surface area (Å²) >= 11 is 0. The highest BCUT2D eigenvalue weighted by Gasteiger charge is 2.15. The third-order valence-corrected chi connectivity index (χ3v) is 3.76. The van der Waals surface area contributed by atoms with Gasteiger partial charge in [0.1, 0.15) is 0 Å². The maximum atomic E-state index is 5.81. The highest BCUT2D eigenvalue weighted by molar-refractivity contribution is 5.34. The van der Waals surface area contributed by atoms with Crippen LogP contribution in [0.3, 0.4) is 0 Å². The molecule has 5 heteroatoms. The second-order valence-electron chi connectivity index (χ2n) is 5.26. The van der Waals surface area contributed by atoms with Gasteiger partial charge in [-0.25, -0.2) is 4.68 Å². The number of aromatic nitrogens is 3. The van der Waals surface area contributed by atoms with E-state index in [0.29, 0.717) is 6.61 Å². The molecule has 21 heavy (non-hydrogen) atoms. The lowest BCUT2D eigenvalue weighted by atomic mass is 10.1. The highest BCUT2D eigenvalue weighted by Crippen LogP contribution is 2.17. The predicted octanol–water partition coefficient (Wildman–Crippen LogP) is 2.87. The van der Waals surface area contributed by atoms with E-state index in [2.05, 4.69) is 41.5 Å². The Morgan fingerprint density at radius 1 is 1.29 bits per heavy atom. The fourth-order valence-electron chi connectivity index (χ4n) is 2.47. The van der Waals surface area contributed by atoms with Crippen LogP contribution in [0.25, 0.3) is 5.69 Å². The SMILES string of the molecule is CCc1ccc(-n2nncc2COC2CCCCO2)cc1. The molecule has 2 aromatic rings. The lowest BCUT2D eigenvalue weighted by Crippen LogP contribution is -2.22. The monoisotopic (exact) mass is 287 g/mol. The fraction of sp³-hybridized carbons (Fsp3) is 0.500. The van der Waals surface area contributed by atoms with Crippen LogP contribution in [-0.2, 0) is 22.5 Å². The van der Waals surface area contributed by atoms with Gasteiger partial charge in [-0.3, -0.25) is 0 Å². The fourth-order valence-corrected chi connectivity index (χ4v) is 2.47. The number of hydrogen-bond acceptors (Lipinski definition) is 4. The molecule has 0 bridgehead atoms. The molecule has 3 rings (SSSR count). The molecule has 1 aliphatic heterocycles. The molecule has 1 aromatic carbocycles. The van der Waals surface area contributed by atoms with Gasteiger partial charge in [0, 0.05) is 6.61 Å². The van der Waals surface area contributed by atoms with Gasteiger partial charge in [0.2, 0.25) is 0 Å². The quantitative estimate of drug-likeness (QED) is 0.848. The van der Waals surface area contributed by atoms with Crippen molar-refractivity contribution in [2.75, 3.05) is 6.61 Å². The first-order chi connectivity index (χ1) is 10.4. The Morgan fingerprint density at radius 2 is 2.14 bits per heavy atom. The summed E-state index contributed by atoms with van der Waals surface area (Å²) in [4.78, 5) is 0. The molecule has 0 saturated carbocycles. The van der Waals surface area contributed by atoms with Crippen molar-refractivity contribution in [2.45, 2.75) is 45.5 Å². The van der Waals surface area contributed by atoms with E-state index < -0.39 is 0 Å². The molecule has 1 saturated heterocycles. The predicted molar refractivity (Wildman–Crippen MR) is 79.1 cm³/mol. The molecular weight excluding hydrogens is 266 g/mol. The smallest absolute Gasteiger partial charge is 0.158 e. The number of benzene rings is 1. The summed E-state index contributed by atoms with van der Waals surface area (Å²) in [5, 5.41) is 8.15. The van der Waals surface area contributed by atoms with E-state index in [4.69, 9.17) is 9.47 Å². The molecule has 112 valence electrons. The van der Waals surface area contributed by atoms with Gasteiger partial charge in [0.05, 0.1) is 24.2 Å². The standard InChI is InChI=1S/C16H21N3O2/c1-2-13-6-8-14(9-7-13)19-15(11-17-18-19)12-21-16-5-3-4-10-20-16/h6-9,11,16H,2-5,10,12H2,1H3. The number of ether oxygens (including phenoxy) is 2. The van der Waals surface area contributed by atoms with Crippen molar-refractivity contribution in [3.8, 4) is 5.69 Å². The molecule has 1 aromatic heterocycles. The van der Waals surface area contributed by atoms with E-state index in [9.17, 15) is 0 Å². The van der Waals surface area contributed by atoms with Gasteiger partial charge < -0.3 is 9.47 Å². The Bertz CT molecular complexity index is 559. The lowest BCUT2D eigenvalue weighted by Gasteiger charge is -2.22. The van der Waals surface area contributed by atoms with Crippen molar-refractivity contribution in [3.63, 3.8) is 0 Å². The van der Waals surface area contributed by atoms with Crippen LogP contribution in [0.5, 0.6) is 0 Å². The van der Waals surface area contributed by atoms with Gasteiger partial charge >= 0.3 is 0 Å². The van der Waals surface area contributed by atoms with Crippen LogP contribution < -0.4 is 0 Å². The second-order valence-corrected chi connectivity index (χ2v) is 5.26. The normalized spacial score (nSPS) is 18.8. The van der Waals surface area contributed by atoms with Crippen LogP contribution in [0, 0.1) is 0 Å². The third kappa shape index (κ3) is 3.49. The van der Waals surface area contributed by atoms with Crippen molar-refractivity contribution in [2.24, 2.45) is 0 Å². The molecule has 0 radical (unpaired) electrons. The van der Waals surface area contributed by atoms with E-state index in [1.807, 2.05) is 4.68 Å². The first-order valence-corrected chi connectivity index (χ1v) is 7.59. The third-order valence-electron chi connectivity index (χ3n) is 3.76. The number of aryl methyl sites for hydroxylation is 1. The van der Waals surface area contributed by atoms with Crippen LogP contribution >= 0.6 is 0 Å². The topological polar surface area (TPSA) is 49.2 Å². The summed E-state index contributed by atoms with van der Waals surface area (Å²) in [6, 6.07) is 8.36. The van der Waals surface area contributed by atoms with Crippen molar-refractivity contribution < 1.29 is 9.47 Å². The molecule has 2 heterocycles. The lowest BCUT2D eigenvalue weighted by molar-refractivity contribution is -0.169. The summed E-state index contributed by atoms with van der Waals surface area (Å²) < 4.78 is 13.2. The van der Waals surface area contributed by atoms with Crippen LogP contribution in [0.15, 0.2) is 30.5 Å². The first-order valence-electron chi connectivity index (χ1n) is 7.59. The average molecular weight is 287 g/mol. The van der Waals surface area contributed by atoms with Crippen molar-refractivity contribution in [1.82, 2.24) is 15.0 Å². The van der Waals surface area contributed by atoms with E-state index in [-0.39, 0.29) is 6.29 Å². The second kappa shape index (κ2) is 6.83. The largest absolute Gasteiger partial charge is 0.353 e. The Balaban J connectivity index is 1.67. The molecule has 0 N–H and O–H groups in total. The minimum Gasteiger partial charge on any atom is -0.353 e. The summed E-state index contributed by atoms with van der Waals surface area (Å²) in [6.07, 6.45) is 5.95. The molecule has 1 atom stereocenters. The molecule has 0 spiro atoms. The zero-order chi connectivity index (χ0) is 14.5. The Hall–Kier alpha value is -1.72. The molecule has 0 amide bonds. The maximum absolute atomic E-state index is 5.81. The highest BCUT2D eigenvalue weighted by atomic mass is 16.7. The molecule has 5 nitrogen and oxygen atoms in total. The Morgan fingerprint density at radius 3 is 2.86 bits per heavy atom. The van der Waals surface area contributed by atoms with Gasteiger partial charge in [-0.05, 0) is 43.4 Å². The zero-order valence-corrected chi connectivity index (χ0v) is 12.4. The van der Waals surface area contributed by atoms with E-state index in [0.717, 1.165) is 37.3 Å². The minimum absolute atomic E-state index is 0.0930. The molecule has 1 unspecified atom stereocenters. The number of rotatable bonds is 5. The molecule has 0 aliphatic carbocycles. The van der Waals surface area contributed by atoms with Crippen molar-refractivity contribution in [3.05, 3.63) is 41.7 Å². The maximum Gasteiger partial charge on any atom is 0.158 e. The van der Waals surface area contributed by atoms with Crippen LogP contribution in [0.2, 0.25) is 0 Å². The molecule has 1 aliphatic rings. The first kappa shape index (κ1) is 14.2. The molecule has 1 fully saturated rings. The van der Waals surface area contributed by atoms with Gasteiger partial charge in [0.25, 0.3) is 0 Å². The average Bonchev–Trinajstić information content (AvgIpc) is 3.02. The number of nitrogens with zero attached hydrogens (tertiary/aromatic N) is 3. The van der Waals surface area contributed by atoms with Gasteiger partial charge in [-0.1, -0.05) is 24.3 Å². The van der Waals surface area contributed by atoms with Gasteiger partial charge in [0.15, 0.2) is 6.29 Å². The summed E-state index contributed by atoms with van der Waals surface area (Å²) in [5.41, 5.74) is 3.26. The molecular formula is C16H21N3O2. The van der Waals surface area contributed by atoms with Crippen molar-refractivity contribution in [1.29, 1.82) is 0 Å². The summed E-state index contributed by atoms with van der Waals surface area (Å²) in [5.74, 6) is 0. The Kier molecular flexibility index (Phi) is 4.62. The summed E-state index contributed by atoms with van der Waals surface area (Å²) in [6.45, 7) is 3.40. The Labute approximate surface area is 124 Å². The number of hydrogen-bond donors (Lipinski definition) is 0. The van der Waals surface area contributed by atoms with Gasteiger partial charge in [-0.15, -0.1) is 5.10 Å². The summed E-state index contributed by atoms with van der Waals surface area (Å²) in [7, 11) is 0. The van der Waals surface area contributed by atoms with Crippen molar-refractivity contribution >= 4 is 0 Å². The van der Waals surface area contributed by atoms with Crippen LogP contribution in [0.4, 0.5) is 0 Å². The van der Waals surface area contributed by atoms with Gasteiger partial charge in [-0.2, -0.15) is 0 Å². The van der Waals surface area contributed by atoms with E-state index in [1.165, 1.54) is 12.0 Å². The van der Waals surface area contributed by atoms with Crippen LogP contribution in [0.1, 0.15) is 37.4 Å². The van der Waals surface area contributed by atoms with Crippen LogP contribution in [-0.4, -0.2) is 27.9 Å². The zero-order valence-electron chi connectivity index (χ0n) is 12.4. The van der Waals surface area contributed by atoms with E-state index >= 15 is 0 Å².